The van der Waals surface area contributed by atoms with Gasteiger partial charge in [-0.15, -0.1) is 0 Å². The summed E-state index contributed by atoms with van der Waals surface area (Å²) in [5.74, 6) is -1.59. The largest absolute Gasteiger partial charge is 0.480 e. The van der Waals surface area contributed by atoms with Crippen LogP contribution in [0.2, 0.25) is 0 Å². The summed E-state index contributed by atoms with van der Waals surface area (Å²) in [4.78, 5) is 28.9. The highest BCUT2D eigenvalue weighted by atomic mass is 32.2. The molecule has 160 valence electrons. The minimum atomic E-state index is -3.93. The van der Waals surface area contributed by atoms with Gasteiger partial charge in [0.05, 0.1) is 10.9 Å². The van der Waals surface area contributed by atoms with Gasteiger partial charge >= 0.3 is 12.1 Å². The summed E-state index contributed by atoms with van der Waals surface area (Å²) in [6.07, 6.45) is -0.789. The zero-order valence-corrected chi connectivity index (χ0v) is 17.6. The van der Waals surface area contributed by atoms with Crippen molar-refractivity contribution in [3.8, 4) is 0 Å². The second kappa shape index (κ2) is 8.27. The number of ether oxygens (including phenoxy) is 1. The Labute approximate surface area is 169 Å². The number of carboxylic acid groups (broad SMARTS) is 1. The van der Waals surface area contributed by atoms with E-state index in [1.54, 1.807) is 32.9 Å². The molecule has 2 rings (SSSR count). The van der Waals surface area contributed by atoms with Crippen LogP contribution in [0, 0.1) is 6.92 Å². The fraction of sp³-hybridized carbons (Fsp3) is 0.500. The Balaban J connectivity index is 2.13. The van der Waals surface area contributed by atoms with Gasteiger partial charge in [-0.3, -0.25) is 4.90 Å². The van der Waals surface area contributed by atoms with E-state index in [4.69, 9.17) is 10.5 Å². The molecule has 2 atom stereocenters. The van der Waals surface area contributed by atoms with Crippen molar-refractivity contribution in [2.45, 2.75) is 56.7 Å². The van der Waals surface area contributed by atoms with Crippen molar-refractivity contribution in [1.29, 1.82) is 0 Å². The van der Waals surface area contributed by atoms with Crippen molar-refractivity contribution in [1.82, 2.24) is 9.62 Å². The lowest BCUT2D eigenvalue weighted by Crippen LogP contribution is -2.43. The first-order valence-electron chi connectivity index (χ1n) is 8.93. The molecule has 0 aromatic heterocycles. The molecule has 29 heavy (non-hydrogen) atoms. The maximum absolute atomic E-state index is 12.4. The highest BCUT2D eigenvalue weighted by molar-refractivity contribution is 7.90. The Hall–Kier alpha value is -2.82. The minimum Gasteiger partial charge on any atom is -0.480 e. The smallest absolute Gasteiger partial charge is 0.411 e. The van der Waals surface area contributed by atoms with Gasteiger partial charge in [-0.05, 0) is 39.8 Å². The summed E-state index contributed by atoms with van der Waals surface area (Å²) < 4.78 is 32.2. The first-order chi connectivity index (χ1) is 13.3. The van der Waals surface area contributed by atoms with E-state index >= 15 is 0 Å². The van der Waals surface area contributed by atoms with Crippen LogP contribution in [0.4, 0.5) is 4.79 Å². The van der Waals surface area contributed by atoms with Crippen molar-refractivity contribution >= 4 is 28.0 Å². The van der Waals surface area contributed by atoms with Crippen LogP contribution < -0.4 is 10.5 Å². The average molecular weight is 426 g/mol. The molecule has 0 bridgehead atoms. The summed E-state index contributed by atoms with van der Waals surface area (Å²) in [6, 6.07) is 4.34. The topological polar surface area (TPSA) is 151 Å². The number of aliphatic imine (C=N–C) groups is 1. The number of carbonyl (C=O) groups excluding carboxylic acids is 1. The molecule has 1 aliphatic rings. The molecule has 0 radical (unpaired) electrons. The fourth-order valence-corrected chi connectivity index (χ4v) is 3.74. The molecule has 1 aliphatic heterocycles. The summed E-state index contributed by atoms with van der Waals surface area (Å²) in [6.45, 7) is 6.78. The predicted octanol–water partition coefficient (Wildman–Crippen LogP) is 1.05. The molecule has 0 unspecified atom stereocenters. The van der Waals surface area contributed by atoms with Gasteiger partial charge in [-0.1, -0.05) is 17.7 Å². The van der Waals surface area contributed by atoms with Gasteiger partial charge < -0.3 is 15.6 Å². The zero-order chi connectivity index (χ0) is 22.0. The number of nitrogens with zero attached hydrogens (tertiary/aromatic N) is 2. The number of likely N-dealkylation sites (tertiary alicyclic amines) is 1. The van der Waals surface area contributed by atoms with Gasteiger partial charge in [-0.25, -0.2) is 27.7 Å². The summed E-state index contributed by atoms with van der Waals surface area (Å²) >= 11 is 0. The molecule has 1 amide bonds. The van der Waals surface area contributed by atoms with E-state index in [-0.39, 0.29) is 23.8 Å². The minimum absolute atomic E-state index is 0.0124. The molecular weight excluding hydrogens is 400 g/mol. The standard InChI is InChI=1S/C18H26N4O6S/c1-11-5-7-13(8-6-11)29(26,27)21-16(19)20-12-9-14(15(23)24)22(10-12)17(25)28-18(2,3)4/h5-8,12,14H,9-10H2,1-4H3,(H,23,24)(H3,19,20,21)/t12-,14+/m0/s1. The highest BCUT2D eigenvalue weighted by Crippen LogP contribution is 2.23. The van der Waals surface area contributed by atoms with Crippen molar-refractivity contribution in [3.63, 3.8) is 0 Å². The van der Waals surface area contributed by atoms with Crippen molar-refractivity contribution in [3.05, 3.63) is 29.8 Å². The number of hydrogen-bond acceptors (Lipinski definition) is 6. The molecule has 1 saturated heterocycles. The number of sulfonamides is 1. The van der Waals surface area contributed by atoms with Crippen LogP contribution in [0.3, 0.4) is 0 Å². The monoisotopic (exact) mass is 426 g/mol. The lowest BCUT2D eigenvalue weighted by Gasteiger charge is -2.26. The molecule has 1 fully saturated rings. The van der Waals surface area contributed by atoms with E-state index in [2.05, 4.69) is 9.71 Å². The van der Waals surface area contributed by atoms with Crippen LogP contribution in [0.15, 0.2) is 34.2 Å². The Bertz CT molecular complexity index is 905. The Morgan fingerprint density at radius 2 is 1.86 bits per heavy atom. The number of aryl methyl sites for hydroxylation is 1. The van der Waals surface area contributed by atoms with Crippen LogP contribution in [-0.2, 0) is 19.6 Å². The summed E-state index contributed by atoms with van der Waals surface area (Å²) in [5.41, 5.74) is 5.84. The quantitative estimate of drug-likeness (QED) is 0.481. The van der Waals surface area contributed by atoms with Gasteiger partial charge in [0.2, 0.25) is 5.96 Å². The molecule has 0 spiro atoms. The molecule has 11 heteroatoms. The van der Waals surface area contributed by atoms with E-state index in [1.165, 1.54) is 12.1 Å². The van der Waals surface area contributed by atoms with Gasteiger partial charge in [0.15, 0.2) is 0 Å². The van der Waals surface area contributed by atoms with Crippen LogP contribution in [0.25, 0.3) is 0 Å². The normalized spacial score (nSPS) is 20.4. The van der Waals surface area contributed by atoms with Crippen LogP contribution in [-0.4, -0.2) is 60.7 Å². The second-order valence-corrected chi connectivity index (χ2v) is 9.49. The number of aliphatic carboxylic acids is 1. The van der Waals surface area contributed by atoms with Gasteiger partial charge in [0, 0.05) is 13.0 Å². The first-order valence-corrected chi connectivity index (χ1v) is 10.4. The molecule has 0 saturated carbocycles. The van der Waals surface area contributed by atoms with Crippen LogP contribution >= 0.6 is 0 Å². The third-order valence-corrected chi connectivity index (χ3v) is 5.45. The number of nitrogens with one attached hydrogen (secondary N) is 1. The first kappa shape index (κ1) is 22.5. The molecule has 1 aromatic carbocycles. The molecular formula is C18H26N4O6S. The van der Waals surface area contributed by atoms with E-state index in [1.807, 2.05) is 6.92 Å². The number of rotatable bonds is 4. The number of benzene rings is 1. The Kier molecular flexibility index (Phi) is 6.41. The number of hydrogen-bond donors (Lipinski definition) is 3. The zero-order valence-electron chi connectivity index (χ0n) is 16.7. The fourth-order valence-electron chi connectivity index (χ4n) is 2.80. The number of guanidine groups is 1. The van der Waals surface area contributed by atoms with E-state index in [0.717, 1.165) is 10.5 Å². The third kappa shape index (κ3) is 6.08. The van der Waals surface area contributed by atoms with E-state index < -0.39 is 39.8 Å². The van der Waals surface area contributed by atoms with Crippen LogP contribution in [0.1, 0.15) is 32.8 Å². The van der Waals surface area contributed by atoms with E-state index in [0.29, 0.717) is 0 Å². The van der Waals surface area contributed by atoms with Crippen molar-refractivity contribution < 1.29 is 27.9 Å². The predicted molar refractivity (Wildman–Crippen MR) is 106 cm³/mol. The lowest BCUT2D eigenvalue weighted by atomic mass is 10.2. The molecule has 0 aliphatic carbocycles. The molecule has 10 nitrogen and oxygen atoms in total. The second-order valence-electron chi connectivity index (χ2n) is 7.81. The summed E-state index contributed by atoms with van der Waals surface area (Å²) in [5, 5.41) is 9.40. The van der Waals surface area contributed by atoms with Crippen molar-refractivity contribution in [2.24, 2.45) is 10.7 Å². The van der Waals surface area contributed by atoms with Gasteiger partial charge in [-0.2, -0.15) is 0 Å². The Morgan fingerprint density at radius 1 is 1.28 bits per heavy atom. The molecule has 4 N–H and O–H groups in total. The number of carbonyl (C=O) groups is 2. The number of amides is 1. The van der Waals surface area contributed by atoms with Gasteiger partial charge in [0.25, 0.3) is 10.0 Å². The third-order valence-electron chi connectivity index (χ3n) is 4.08. The average Bonchev–Trinajstić information content (AvgIpc) is 2.97. The number of nitrogens with two attached hydrogens (primary N) is 1. The SMILES string of the molecule is Cc1ccc(S(=O)(=O)NC(N)=N[C@H]2C[C@H](C(=O)O)N(C(=O)OC(C)(C)C)C2)cc1. The van der Waals surface area contributed by atoms with Crippen molar-refractivity contribution in [2.75, 3.05) is 6.54 Å². The Morgan fingerprint density at radius 3 is 2.38 bits per heavy atom. The lowest BCUT2D eigenvalue weighted by molar-refractivity contribution is -0.142. The highest BCUT2D eigenvalue weighted by Gasteiger charge is 2.41. The summed E-state index contributed by atoms with van der Waals surface area (Å²) in [7, 11) is -3.93. The molecule has 1 heterocycles. The van der Waals surface area contributed by atoms with Gasteiger partial charge in [0.1, 0.15) is 11.6 Å². The molecule has 1 aromatic rings. The maximum atomic E-state index is 12.4. The van der Waals surface area contributed by atoms with E-state index in [9.17, 15) is 23.1 Å². The maximum Gasteiger partial charge on any atom is 0.411 e. The van der Waals surface area contributed by atoms with Crippen LogP contribution in [0.5, 0.6) is 0 Å². The number of carboxylic acids is 1.